The Bertz CT molecular complexity index is 881. The fraction of sp³-hybridized carbons (Fsp3) is 0.316. The van der Waals surface area contributed by atoms with Crippen LogP contribution in [-0.2, 0) is 17.8 Å². The predicted molar refractivity (Wildman–Crippen MR) is 99.4 cm³/mol. The van der Waals surface area contributed by atoms with Gasteiger partial charge < -0.3 is 15.0 Å². The van der Waals surface area contributed by atoms with Crippen LogP contribution in [0.15, 0.2) is 24.3 Å². The van der Waals surface area contributed by atoms with Crippen molar-refractivity contribution in [1.29, 1.82) is 5.26 Å². The first-order chi connectivity index (χ1) is 12.5. The molecule has 1 aliphatic heterocycles. The van der Waals surface area contributed by atoms with Crippen LogP contribution >= 0.6 is 11.3 Å². The summed E-state index contributed by atoms with van der Waals surface area (Å²) in [5.74, 6) is 0.451. The fourth-order valence-corrected chi connectivity index (χ4v) is 4.13. The van der Waals surface area contributed by atoms with Crippen LogP contribution < -0.4 is 10.1 Å². The van der Waals surface area contributed by atoms with Gasteiger partial charge in [0.25, 0.3) is 5.91 Å². The van der Waals surface area contributed by atoms with Gasteiger partial charge in [0.05, 0.1) is 18.7 Å². The molecule has 0 bridgehead atoms. The zero-order chi connectivity index (χ0) is 18.7. The fourth-order valence-electron chi connectivity index (χ4n) is 2.92. The number of carbonyl (C=O) groups is 2. The first kappa shape index (κ1) is 18.0. The Labute approximate surface area is 156 Å². The minimum absolute atomic E-state index is 0.0162. The lowest BCUT2D eigenvalue weighted by Crippen LogP contribution is -2.33. The molecule has 0 spiro atoms. The Morgan fingerprint density at radius 2 is 2.08 bits per heavy atom. The van der Waals surface area contributed by atoms with Gasteiger partial charge in [-0.05, 0) is 43.2 Å². The molecule has 7 heteroatoms. The zero-order valence-electron chi connectivity index (χ0n) is 14.7. The second kappa shape index (κ2) is 7.58. The van der Waals surface area contributed by atoms with Crippen LogP contribution in [0, 0.1) is 11.3 Å². The maximum Gasteiger partial charge on any atom is 0.256 e. The molecule has 0 atom stereocenters. The summed E-state index contributed by atoms with van der Waals surface area (Å²) in [6.45, 7) is 5.09. The number of anilines is 1. The molecule has 1 N–H and O–H groups in total. The van der Waals surface area contributed by atoms with Crippen molar-refractivity contribution in [3.8, 4) is 11.8 Å². The number of amides is 2. The molecule has 2 aromatic rings. The van der Waals surface area contributed by atoms with E-state index in [1.54, 1.807) is 36.1 Å². The normalized spacial score (nSPS) is 12.9. The number of nitrogens with zero attached hydrogens (tertiary/aromatic N) is 2. The predicted octanol–water partition coefficient (Wildman–Crippen LogP) is 3.18. The molecule has 2 heterocycles. The molecule has 134 valence electrons. The molecular weight excluding hydrogens is 350 g/mol. The van der Waals surface area contributed by atoms with Crippen LogP contribution in [0.25, 0.3) is 0 Å². The number of hydrogen-bond donors (Lipinski definition) is 1. The third kappa shape index (κ3) is 3.55. The van der Waals surface area contributed by atoms with Gasteiger partial charge in [-0.25, -0.2) is 0 Å². The lowest BCUT2D eigenvalue weighted by Gasteiger charge is -2.25. The number of fused-ring (bicyclic) bond motifs is 1. The zero-order valence-corrected chi connectivity index (χ0v) is 15.5. The van der Waals surface area contributed by atoms with Crippen molar-refractivity contribution < 1.29 is 14.3 Å². The molecule has 1 aliphatic rings. The van der Waals surface area contributed by atoms with Crippen molar-refractivity contribution in [2.45, 2.75) is 26.8 Å². The largest absolute Gasteiger partial charge is 0.494 e. The van der Waals surface area contributed by atoms with Crippen LogP contribution in [0.4, 0.5) is 5.00 Å². The van der Waals surface area contributed by atoms with Gasteiger partial charge >= 0.3 is 0 Å². The van der Waals surface area contributed by atoms with Crippen molar-refractivity contribution in [1.82, 2.24) is 4.90 Å². The first-order valence-corrected chi connectivity index (χ1v) is 9.19. The van der Waals surface area contributed by atoms with Crippen LogP contribution in [0.1, 0.15) is 40.2 Å². The van der Waals surface area contributed by atoms with Gasteiger partial charge in [0.1, 0.15) is 16.8 Å². The van der Waals surface area contributed by atoms with E-state index >= 15 is 0 Å². The number of nitriles is 1. The van der Waals surface area contributed by atoms with Crippen molar-refractivity contribution in [2.24, 2.45) is 0 Å². The van der Waals surface area contributed by atoms with Crippen LogP contribution in [0.3, 0.4) is 0 Å². The van der Waals surface area contributed by atoms with Crippen molar-refractivity contribution in [2.75, 3.05) is 18.5 Å². The Morgan fingerprint density at radius 1 is 1.35 bits per heavy atom. The number of benzene rings is 1. The van der Waals surface area contributed by atoms with E-state index in [1.807, 2.05) is 6.92 Å². The number of carbonyl (C=O) groups excluding carboxylic acids is 2. The average Bonchev–Trinajstić information content (AvgIpc) is 2.98. The first-order valence-electron chi connectivity index (χ1n) is 8.37. The van der Waals surface area contributed by atoms with Gasteiger partial charge in [-0.2, -0.15) is 5.26 Å². The molecule has 0 radical (unpaired) electrons. The van der Waals surface area contributed by atoms with E-state index in [-0.39, 0.29) is 11.8 Å². The van der Waals surface area contributed by atoms with Crippen molar-refractivity contribution in [3.05, 3.63) is 45.8 Å². The van der Waals surface area contributed by atoms with Crippen LogP contribution in [0.2, 0.25) is 0 Å². The van der Waals surface area contributed by atoms with E-state index in [0.29, 0.717) is 48.0 Å². The molecule has 0 aliphatic carbocycles. The minimum Gasteiger partial charge on any atom is -0.494 e. The highest BCUT2D eigenvalue weighted by Gasteiger charge is 2.26. The SMILES string of the molecule is CCOc1ccc(C(=O)Nc2sc3c(c2C#N)CCN(C(C)=O)C3)cc1. The standard InChI is InChI=1S/C19H19N3O3S/c1-3-25-14-6-4-13(5-7-14)18(24)21-19-16(10-20)15-8-9-22(12(2)23)11-17(15)26-19/h4-7H,3,8-9,11H2,1-2H3,(H,21,24). The summed E-state index contributed by atoms with van der Waals surface area (Å²) in [5, 5.41) is 12.9. The van der Waals surface area contributed by atoms with Crippen molar-refractivity contribution >= 4 is 28.2 Å². The van der Waals surface area contributed by atoms with E-state index in [1.165, 1.54) is 11.3 Å². The number of thiophene rings is 1. The molecular formula is C19H19N3O3S. The molecule has 2 amide bonds. The molecule has 0 fully saturated rings. The number of rotatable bonds is 4. The second-order valence-corrected chi connectivity index (χ2v) is 7.03. The molecule has 0 saturated heterocycles. The Kier molecular flexibility index (Phi) is 5.24. The van der Waals surface area contributed by atoms with E-state index in [4.69, 9.17) is 4.74 Å². The van der Waals surface area contributed by atoms with E-state index in [2.05, 4.69) is 11.4 Å². The second-order valence-electron chi connectivity index (χ2n) is 5.92. The van der Waals surface area contributed by atoms with Gasteiger partial charge in [-0.1, -0.05) is 0 Å². The van der Waals surface area contributed by atoms with Gasteiger partial charge in [0.2, 0.25) is 5.91 Å². The molecule has 3 rings (SSSR count). The topological polar surface area (TPSA) is 82.4 Å². The summed E-state index contributed by atoms with van der Waals surface area (Å²) in [4.78, 5) is 26.8. The highest BCUT2D eigenvalue weighted by molar-refractivity contribution is 7.16. The Hall–Kier alpha value is -2.85. The lowest BCUT2D eigenvalue weighted by molar-refractivity contribution is -0.129. The Balaban J connectivity index is 1.80. The average molecular weight is 369 g/mol. The van der Waals surface area contributed by atoms with Crippen molar-refractivity contribution in [3.63, 3.8) is 0 Å². The van der Waals surface area contributed by atoms with Gasteiger partial charge in [-0.15, -0.1) is 11.3 Å². The smallest absolute Gasteiger partial charge is 0.256 e. The highest BCUT2D eigenvalue weighted by Crippen LogP contribution is 2.36. The molecule has 1 aromatic heterocycles. The molecule has 0 saturated carbocycles. The monoisotopic (exact) mass is 369 g/mol. The van der Waals surface area contributed by atoms with E-state index in [9.17, 15) is 14.9 Å². The number of nitrogens with one attached hydrogen (secondary N) is 1. The summed E-state index contributed by atoms with van der Waals surface area (Å²) >= 11 is 1.37. The summed E-state index contributed by atoms with van der Waals surface area (Å²) in [5.41, 5.74) is 1.94. The molecule has 26 heavy (non-hydrogen) atoms. The third-order valence-corrected chi connectivity index (χ3v) is 5.40. The number of ether oxygens (including phenoxy) is 1. The van der Waals surface area contributed by atoms with Gasteiger partial charge in [-0.3, -0.25) is 9.59 Å². The highest BCUT2D eigenvalue weighted by atomic mass is 32.1. The van der Waals surface area contributed by atoms with Crippen LogP contribution in [0.5, 0.6) is 5.75 Å². The van der Waals surface area contributed by atoms with Gasteiger partial charge in [0.15, 0.2) is 0 Å². The summed E-state index contributed by atoms with van der Waals surface area (Å²) in [7, 11) is 0. The number of hydrogen-bond acceptors (Lipinski definition) is 5. The maximum atomic E-state index is 12.5. The Morgan fingerprint density at radius 3 is 2.69 bits per heavy atom. The quantitative estimate of drug-likeness (QED) is 0.897. The maximum absolute atomic E-state index is 12.5. The van der Waals surface area contributed by atoms with E-state index < -0.39 is 0 Å². The molecule has 1 aromatic carbocycles. The van der Waals surface area contributed by atoms with Gasteiger partial charge in [0, 0.05) is 23.9 Å². The molecule has 0 unspecified atom stereocenters. The van der Waals surface area contributed by atoms with E-state index in [0.717, 1.165) is 10.4 Å². The minimum atomic E-state index is -0.272. The van der Waals surface area contributed by atoms with Crippen LogP contribution in [-0.4, -0.2) is 29.9 Å². The summed E-state index contributed by atoms with van der Waals surface area (Å²) in [6, 6.07) is 9.07. The third-order valence-electron chi connectivity index (χ3n) is 4.27. The summed E-state index contributed by atoms with van der Waals surface area (Å²) < 4.78 is 5.37. The lowest BCUT2D eigenvalue weighted by atomic mass is 10.0. The molecule has 6 nitrogen and oxygen atoms in total. The summed E-state index contributed by atoms with van der Waals surface area (Å²) in [6.07, 6.45) is 0.632.